The Bertz CT molecular complexity index is 1040. The van der Waals surface area contributed by atoms with E-state index in [1.54, 1.807) is 12.1 Å². The number of hydrogen-bond donors (Lipinski definition) is 1. The van der Waals surface area contributed by atoms with Crippen molar-refractivity contribution in [2.75, 3.05) is 18.5 Å². The molecule has 0 aliphatic heterocycles. The second kappa shape index (κ2) is 10.5. The maximum Gasteiger partial charge on any atom is 0.244 e. The standard InChI is InChI=1S/C25H34N2O4S/c1-5-31-23-14-10-9-13-22(23)26-24(28)17-27(21-11-7-6-8-12-21)32(29,30)25-19(3)15-18(2)16-20(25)4/h9-10,13-16,21H,5-8,11-12,17H2,1-4H3,(H,26,28). The molecule has 0 heterocycles. The van der Waals surface area contributed by atoms with E-state index in [-0.39, 0.29) is 18.5 Å². The van der Waals surface area contributed by atoms with E-state index in [1.165, 1.54) is 4.31 Å². The molecule has 0 aromatic heterocycles. The highest BCUT2D eigenvalue weighted by Gasteiger charge is 2.35. The summed E-state index contributed by atoms with van der Waals surface area (Å²) in [7, 11) is -3.85. The van der Waals surface area contributed by atoms with Crippen molar-refractivity contribution in [3.63, 3.8) is 0 Å². The number of para-hydroxylation sites is 2. The summed E-state index contributed by atoms with van der Waals surface area (Å²) in [5.41, 5.74) is 2.99. The maximum absolute atomic E-state index is 13.9. The van der Waals surface area contributed by atoms with Gasteiger partial charge in [-0.25, -0.2) is 8.42 Å². The van der Waals surface area contributed by atoms with E-state index in [9.17, 15) is 13.2 Å². The molecular weight excluding hydrogens is 424 g/mol. The molecule has 1 amide bonds. The number of carbonyl (C=O) groups excluding carboxylic acids is 1. The fraction of sp³-hybridized carbons (Fsp3) is 0.480. The molecule has 32 heavy (non-hydrogen) atoms. The van der Waals surface area contributed by atoms with E-state index in [2.05, 4.69) is 5.32 Å². The predicted molar refractivity (Wildman–Crippen MR) is 128 cm³/mol. The Labute approximate surface area is 192 Å². The summed E-state index contributed by atoms with van der Waals surface area (Å²) < 4.78 is 34.7. The average molecular weight is 459 g/mol. The molecule has 1 aliphatic rings. The van der Waals surface area contributed by atoms with Gasteiger partial charge in [0.25, 0.3) is 0 Å². The predicted octanol–water partition coefficient (Wildman–Crippen LogP) is 4.97. The van der Waals surface area contributed by atoms with Gasteiger partial charge in [0.15, 0.2) is 0 Å². The van der Waals surface area contributed by atoms with Gasteiger partial charge in [-0.05, 0) is 63.8 Å². The van der Waals surface area contributed by atoms with Gasteiger partial charge in [-0.1, -0.05) is 49.1 Å². The third kappa shape index (κ3) is 5.51. The summed E-state index contributed by atoms with van der Waals surface area (Å²) in [6, 6.07) is 10.8. The Morgan fingerprint density at radius 1 is 1.06 bits per heavy atom. The summed E-state index contributed by atoms with van der Waals surface area (Å²) in [5.74, 6) is 0.203. The van der Waals surface area contributed by atoms with E-state index in [0.29, 0.717) is 34.1 Å². The SMILES string of the molecule is CCOc1ccccc1NC(=O)CN(C1CCCCC1)S(=O)(=O)c1c(C)cc(C)cc1C. The number of aryl methyl sites for hydroxylation is 3. The van der Waals surface area contributed by atoms with Crippen LogP contribution < -0.4 is 10.1 Å². The molecule has 0 bridgehead atoms. The van der Waals surface area contributed by atoms with Crippen molar-refractivity contribution >= 4 is 21.6 Å². The number of nitrogens with one attached hydrogen (secondary N) is 1. The van der Waals surface area contributed by atoms with Crippen LogP contribution in [-0.4, -0.2) is 37.8 Å². The third-order valence-corrected chi connectivity index (χ3v) is 8.12. The number of rotatable bonds is 8. The number of amides is 1. The Kier molecular flexibility index (Phi) is 7.96. The molecule has 0 unspecified atom stereocenters. The first-order valence-corrected chi connectivity index (χ1v) is 12.8. The summed E-state index contributed by atoms with van der Waals surface area (Å²) in [6.07, 6.45) is 4.58. The Morgan fingerprint density at radius 2 is 1.69 bits per heavy atom. The van der Waals surface area contributed by atoms with Gasteiger partial charge >= 0.3 is 0 Å². The number of nitrogens with zero attached hydrogens (tertiary/aromatic N) is 1. The van der Waals surface area contributed by atoms with Crippen LogP contribution in [0.25, 0.3) is 0 Å². The number of hydrogen-bond acceptors (Lipinski definition) is 4. The molecule has 7 heteroatoms. The van der Waals surface area contributed by atoms with Crippen LogP contribution in [0.2, 0.25) is 0 Å². The lowest BCUT2D eigenvalue weighted by atomic mass is 9.95. The Hall–Kier alpha value is -2.38. The lowest BCUT2D eigenvalue weighted by molar-refractivity contribution is -0.116. The smallest absolute Gasteiger partial charge is 0.244 e. The third-order valence-electron chi connectivity index (χ3n) is 5.91. The van der Waals surface area contributed by atoms with Crippen molar-refractivity contribution < 1.29 is 17.9 Å². The molecule has 1 saturated carbocycles. The van der Waals surface area contributed by atoms with Crippen molar-refractivity contribution in [1.29, 1.82) is 0 Å². The molecule has 3 rings (SSSR count). The zero-order valence-electron chi connectivity index (χ0n) is 19.5. The second-order valence-corrected chi connectivity index (χ2v) is 10.4. The molecule has 0 radical (unpaired) electrons. The van der Waals surface area contributed by atoms with Gasteiger partial charge in [-0.15, -0.1) is 0 Å². The molecule has 0 saturated heterocycles. The largest absolute Gasteiger partial charge is 0.492 e. The van der Waals surface area contributed by atoms with Gasteiger partial charge in [-0.2, -0.15) is 4.31 Å². The number of anilines is 1. The summed E-state index contributed by atoms with van der Waals surface area (Å²) in [6.45, 7) is 7.73. The van der Waals surface area contributed by atoms with Crippen LogP contribution in [0.3, 0.4) is 0 Å². The van der Waals surface area contributed by atoms with Gasteiger partial charge in [0, 0.05) is 6.04 Å². The van der Waals surface area contributed by atoms with Crippen LogP contribution in [0.15, 0.2) is 41.3 Å². The Balaban J connectivity index is 1.93. The van der Waals surface area contributed by atoms with Crippen LogP contribution in [0.5, 0.6) is 5.75 Å². The maximum atomic E-state index is 13.9. The summed E-state index contributed by atoms with van der Waals surface area (Å²) in [5, 5.41) is 2.86. The summed E-state index contributed by atoms with van der Waals surface area (Å²) in [4.78, 5) is 13.4. The monoisotopic (exact) mass is 458 g/mol. The number of benzene rings is 2. The topological polar surface area (TPSA) is 75.7 Å². The molecular formula is C25H34N2O4S. The van der Waals surface area contributed by atoms with E-state index in [4.69, 9.17) is 4.74 Å². The van der Waals surface area contributed by atoms with Crippen molar-refractivity contribution in [3.05, 3.63) is 53.1 Å². The fourth-order valence-corrected chi connectivity index (χ4v) is 6.71. The highest BCUT2D eigenvalue weighted by molar-refractivity contribution is 7.89. The first-order chi connectivity index (χ1) is 15.2. The number of sulfonamides is 1. The van der Waals surface area contributed by atoms with Crippen molar-refractivity contribution in [3.8, 4) is 5.75 Å². The van der Waals surface area contributed by atoms with Crippen LogP contribution in [0.4, 0.5) is 5.69 Å². The highest BCUT2D eigenvalue weighted by Crippen LogP contribution is 2.31. The van der Waals surface area contributed by atoms with Crippen molar-refractivity contribution in [1.82, 2.24) is 4.31 Å². The molecule has 0 atom stereocenters. The molecule has 2 aromatic rings. The zero-order chi connectivity index (χ0) is 23.3. The fourth-order valence-electron chi connectivity index (χ4n) is 4.65. The first kappa shape index (κ1) is 24.3. The van der Waals surface area contributed by atoms with Gasteiger partial charge in [0.05, 0.1) is 23.7 Å². The first-order valence-electron chi connectivity index (χ1n) is 11.4. The highest BCUT2D eigenvalue weighted by atomic mass is 32.2. The molecule has 0 spiro atoms. The molecule has 6 nitrogen and oxygen atoms in total. The van der Waals surface area contributed by atoms with Crippen LogP contribution in [0, 0.1) is 20.8 Å². The quantitative estimate of drug-likeness (QED) is 0.606. The Morgan fingerprint density at radius 3 is 2.31 bits per heavy atom. The van der Waals surface area contributed by atoms with Crippen LogP contribution in [-0.2, 0) is 14.8 Å². The van der Waals surface area contributed by atoms with Gasteiger partial charge in [0.2, 0.25) is 15.9 Å². The van der Waals surface area contributed by atoms with Crippen LogP contribution in [0.1, 0.15) is 55.7 Å². The van der Waals surface area contributed by atoms with Crippen molar-refractivity contribution in [2.24, 2.45) is 0 Å². The van der Waals surface area contributed by atoms with Crippen molar-refractivity contribution in [2.45, 2.75) is 70.7 Å². The second-order valence-electron chi connectivity index (χ2n) is 8.55. The van der Waals surface area contributed by atoms with Gasteiger partial charge in [0.1, 0.15) is 5.75 Å². The lowest BCUT2D eigenvalue weighted by Crippen LogP contribution is -2.46. The molecule has 1 aliphatic carbocycles. The van der Waals surface area contributed by atoms with E-state index < -0.39 is 10.0 Å². The van der Waals surface area contributed by atoms with E-state index in [0.717, 1.165) is 37.7 Å². The number of carbonyl (C=O) groups is 1. The molecule has 2 aromatic carbocycles. The normalized spacial score (nSPS) is 15.0. The van der Waals surface area contributed by atoms with Crippen LogP contribution >= 0.6 is 0 Å². The minimum Gasteiger partial charge on any atom is -0.492 e. The van der Waals surface area contributed by atoms with Gasteiger partial charge < -0.3 is 10.1 Å². The lowest BCUT2D eigenvalue weighted by Gasteiger charge is -2.33. The molecule has 174 valence electrons. The summed E-state index contributed by atoms with van der Waals surface area (Å²) >= 11 is 0. The molecule has 1 N–H and O–H groups in total. The van der Waals surface area contributed by atoms with Gasteiger partial charge in [-0.3, -0.25) is 4.79 Å². The minimum atomic E-state index is -3.85. The zero-order valence-corrected chi connectivity index (χ0v) is 20.3. The minimum absolute atomic E-state index is 0.179. The van der Waals surface area contributed by atoms with E-state index in [1.807, 2.05) is 52.0 Å². The van der Waals surface area contributed by atoms with E-state index >= 15 is 0 Å². The number of ether oxygens (including phenoxy) is 1. The molecule has 1 fully saturated rings. The average Bonchev–Trinajstić information content (AvgIpc) is 2.73.